The van der Waals surface area contributed by atoms with Crippen molar-refractivity contribution in [3.05, 3.63) is 57.3 Å². The summed E-state index contributed by atoms with van der Waals surface area (Å²) in [6.07, 6.45) is 3.90. The van der Waals surface area contributed by atoms with Gasteiger partial charge in [-0.2, -0.15) is 0 Å². The van der Waals surface area contributed by atoms with Crippen molar-refractivity contribution in [3.63, 3.8) is 0 Å². The smallest absolute Gasteiger partial charge is 0.255 e. The van der Waals surface area contributed by atoms with Crippen LogP contribution in [0.1, 0.15) is 41.9 Å². The van der Waals surface area contributed by atoms with Gasteiger partial charge in [0.05, 0.1) is 17.0 Å². The number of aromatic nitrogens is 2. The standard InChI is InChI=1S/C19H22N4O2/c24-14-6-4-13(5-7-14)11-23-10-8-16-15(12-23)19(25)22-18(21-16)17-3-1-2-9-20-17/h4-7,24H,1-3,8-12H2,(H,21,22,25). The van der Waals surface area contributed by atoms with Crippen LogP contribution in [0.5, 0.6) is 5.75 Å². The molecular weight excluding hydrogens is 316 g/mol. The summed E-state index contributed by atoms with van der Waals surface area (Å²) in [6, 6.07) is 7.22. The SMILES string of the molecule is O=c1[nH]c(C2=NCCCC2)nc2c1CN(Cc1ccc(O)cc1)CC2. The molecular formula is C19H22N4O2. The highest BCUT2D eigenvalue weighted by Gasteiger charge is 2.22. The normalized spacial score (nSPS) is 17.8. The van der Waals surface area contributed by atoms with Crippen molar-refractivity contribution in [1.29, 1.82) is 0 Å². The fourth-order valence-electron chi connectivity index (χ4n) is 3.50. The third kappa shape index (κ3) is 3.49. The van der Waals surface area contributed by atoms with Gasteiger partial charge in [0.25, 0.3) is 5.56 Å². The van der Waals surface area contributed by atoms with E-state index in [9.17, 15) is 9.90 Å². The average molecular weight is 338 g/mol. The number of rotatable bonds is 3. The van der Waals surface area contributed by atoms with Gasteiger partial charge in [-0.1, -0.05) is 12.1 Å². The second kappa shape index (κ2) is 6.80. The number of hydrogen-bond donors (Lipinski definition) is 2. The maximum absolute atomic E-state index is 12.6. The molecule has 1 aromatic heterocycles. The first-order valence-electron chi connectivity index (χ1n) is 8.85. The molecule has 6 nitrogen and oxygen atoms in total. The summed E-state index contributed by atoms with van der Waals surface area (Å²) < 4.78 is 0. The lowest BCUT2D eigenvalue weighted by atomic mass is 10.0. The van der Waals surface area contributed by atoms with Crippen molar-refractivity contribution in [2.45, 2.75) is 38.8 Å². The van der Waals surface area contributed by atoms with Crippen LogP contribution < -0.4 is 5.56 Å². The number of aromatic amines is 1. The summed E-state index contributed by atoms with van der Waals surface area (Å²) in [5.74, 6) is 0.932. The van der Waals surface area contributed by atoms with E-state index in [-0.39, 0.29) is 11.3 Å². The zero-order valence-corrected chi connectivity index (χ0v) is 14.2. The first-order valence-corrected chi connectivity index (χ1v) is 8.85. The minimum Gasteiger partial charge on any atom is -0.508 e. The molecule has 0 bridgehead atoms. The van der Waals surface area contributed by atoms with Gasteiger partial charge in [0.2, 0.25) is 0 Å². The molecule has 0 saturated heterocycles. The van der Waals surface area contributed by atoms with Gasteiger partial charge in [-0.3, -0.25) is 14.7 Å². The molecule has 0 aliphatic carbocycles. The molecule has 25 heavy (non-hydrogen) atoms. The minimum absolute atomic E-state index is 0.0383. The van der Waals surface area contributed by atoms with E-state index in [0.717, 1.165) is 67.9 Å². The number of aliphatic imine (C=N–C) groups is 1. The Labute approximate surface area is 146 Å². The van der Waals surface area contributed by atoms with Gasteiger partial charge in [-0.25, -0.2) is 4.98 Å². The average Bonchev–Trinajstić information content (AvgIpc) is 2.65. The molecule has 0 radical (unpaired) electrons. The lowest BCUT2D eigenvalue weighted by Crippen LogP contribution is -2.36. The summed E-state index contributed by atoms with van der Waals surface area (Å²) in [5.41, 5.74) is 3.71. The fourth-order valence-corrected chi connectivity index (χ4v) is 3.50. The summed E-state index contributed by atoms with van der Waals surface area (Å²) in [4.78, 5) is 27.0. The molecule has 0 saturated carbocycles. The molecule has 2 N–H and O–H groups in total. The van der Waals surface area contributed by atoms with Gasteiger partial charge < -0.3 is 10.1 Å². The van der Waals surface area contributed by atoms with Crippen molar-refractivity contribution in [2.75, 3.05) is 13.1 Å². The van der Waals surface area contributed by atoms with Crippen LogP contribution in [-0.4, -0.2) is 38.8 Å². The summed E-state index contributed by atoms with van der Waals surface area (Å²) in [5, 5.41) is 9.39. The summed E-state index contributed by atoms with van der Waals surface area (Å²) in [6.45, 7) is 3.06. The van der Waals surface area contributed by atoms with Gasteiger partial charge in [-0.15, -0.1) is 0 Å². The largest absolute Gasteiger partial charge is 0.508 e. The topological polar surface area (TPSA) is 81.6 Å². The number of nitrogens with zero attached hydrogens (tertiary/aromatic N) is 3. The van der Waals surface area contributed by atoms with Crippen molar-refractivity contribution in [3.8, 4) is 5.75 Å². The van der Waals surface area contributed by atoms with E-state index in [0.29, 0.717) is 12.4 Å². The summed E-state index contributed by atoms with van der Waals surface area (Å²) in [7, 11) is 0. The number of aromatic hydroxyl groups is 1. The molecule has 1 aromatic carbocycles. The number of benzene rings is 1. The molecule has 2 aliphatic rings. The maximum atomic E-state index is 12.6. The van der Waals surface area contributed by atoms with Crippen LogP contribution in [0.4, 0.5) is 0 Å². The molecule has 0 atom stereocenters. The maximum Gasteiger partial charge on any atom is 0.255 e. The highest BCUT2D eigenvalue weighted by Crippen LogP contribution is 2.19. The van der Waals surface area contributed by atoms with Crippen LogP contribution in [0.15, 0.2) is 34.1 Å². The second-order valence-corrected chi connectivity index (χ2v) is 6.75. The van der Waals surface area contributed by atoms with Crippen LogP contribution >= 0.6 is 0 Å². The first-order chi connectivity index (χ1) is 12.2. The molecule has 2 aliphatic heterocycles. The van der Waals surface area contributed by atoms with Crippen molar-refractivity contribution in [1.82, 2.24) is 14.9 Å². The Morgan fingerprint density at radius 1 is 1.16 bits per heavy atom. The third-order valence-electron chi connectivity index (χ3n) is 4.89. The zero-order valence-electron chi connectivity index (χ0n) is 14.2. The predicted molar refractivity (Wildman–Crippen MR) is 96.0 cm³/mol. The van der Waals surface area contributed by atoms with Crippen LogP contribution in [0.25, 0.3) is 0 Å². The van der Waals surface area contributed by atoms with E-state index in [1.807, 2.05) is 12.1 Å². The van der Waals surface area contributed by atoms with Crippen molar-refractivity contribution >= 4 is 5.71 Å². The number of hydrogen-bond acceptors (Lipinski definition) is 5. The Morgan fingerprint density at radius 3 is 2.76 bits per heavy atom. The van der Waals surface area contributed by atoms with E-state index < -0.39 is 0 Å². The Balaban J connectivity index is 1.54. The van der Waals surface area contributed by atoms with Crippen LogP contribution in [0, 0.1) is 0 Å². The van der Waals surface area contributed by atoms with E-state index in [1.54, 1.807) is 12.1 Å². The highest BCUT2D eigenvalue weighted by molar-refractivity contribution is 5.97. The Bertz CT molecular complexity index is 855. The lowest BCUT2D eigenvalue weighted by molar-refractivity contribution is 0.241. The Kier molecular flexibility index (Phi) is 4.36. The molecule has 0 spiro atoms. The molecule has 0 unspecified atom stereocenters. The van der Waals surface area contributed by atoms with Crippen LogP contribution in [-0.2, 0) is 19.5 Å². The highest BCUT2D eigenvalue weighted by atomic mass is 16.3. The molecule has 2 aromatic rings. The van der Waals surface area contributed by atoms with Gasteiger partial charge in [0, 0.05) is 32.6 Å². The zero-order chi connectivity index (χ0) is 17.2. The minimum atomic E-state index is -0.0383. The molecule has 130 valence electrons. The van der Waals surface area contributed by atoms with Crippen molar-refractivity contribution < 1.29 is 5.11 Å². The van der Waals surface area contributed by atoms with E-state index in [1.165, 1.54) is 0 Å². The van der Waals surface area contributed by atoms with Gasteiger partial charge in [-0.05, 0) is 37.0 Å². The Hall–Kier alpha value is -2.47. The van der Waals surface area contributed by atoms with Crippen LogP contribution in [0.3, 0.4) is 0 Å². The van der Waals surface area contributed by atoms with E-state index in [4.69, 9.17) is 4.98 Å². The number of phenolic OH excluding ortho intramolecular Hbond substituents is 1. The third-order valence-corrected chi connectivity index (χ3v) is 4.89. The van der Waals surface area contributed by atoms with Gasteiger partial charge >= 0.3 is 0 Å². The van der Waals surface area contributed by atoms with Gasteiger partial charge in [0.15, 0.2) is 5.82 Å². The Morgan fingerprint density at radius 2 is 2.00 bits per heavy atom. The summed E-state index contributed by atoms with van der Waals surface area (Å²) >= 11 is 0. The fraction of sp³-hybridized carbons (Fsp3) is 0.421. The first kappa shape index (κ1) is 16.0. The quantitative estimate of drug-likeness (QED) is 0.897. The second-order valence-electron chi connectivity index (χ2n) is 6.75. The lowest BCUT2D eigenvalue weighted by Gasteiger charge is -2.28. The van der Waals surface area contributed by atoms with Gasteiger partial charge in [0.1, 0.15) is 5.75 Å². The number of nitrogens with one attached hydrogen (secondary N) is 1. The van der Waals surface area contributed by atoms with Crippen molar-refractivity contribution in [2.24, 2.45) is 4.99 Å². The molecule has 6 heteroatoms. The van der Waals surface area contributed by atoms with E-state index in [2.05, 4.69) is 14.9 Å². The monoisotopic (exact) mass is 338 g/mol. The van der Waals surface area contributed by atoms with E-state index >= 15 is 0 Å². The predicted octanol–water partition coefficient (Wildman–Crippen LogP) is 2.01. The number of H-pyrrole nitrogens is 1. The molecule has 4 rings (SSSR count). The molecule has 0 amide bonds. The number of phenols is 1. The van der Waals surface area contributed by atoms with Crippen LogP contribution in [0.2, 0.25) is 0 Å². The number of fused-ring (bicyclic) bond motifs is 1. The molecule has 3 heterocycles. The molecule has 0 fully saturated rings.